The second kappa shape index (κ2) is 11.3. The van der Waals surface area contributed by atoms with Crippen molar-refractivity contribution in [2.75, 3.05) is 31.8 Å². The average molecular weight is 554 g/mol. The van der Waals surface area contributed by atoms with Gasteiger partial charge in [0, 0.05) is 31.4 Å². The number of carbonyl (C=O) groups is 1. The lowest BCUT2D eigenvalue weighted by molar-refractivity contribution is -0.192. The highest BCUT2D eigenvalue weighted by atomic mass is 32.2. The van der Waals surface area contributed by atoms with Gasteiger partial charge in [0.2, 0.25) is 16.0 Å². The van der Waals surface area contributed by atoms with E-state index in [-0.39, 0.29) is 4.90 Å². The van der Waals surface area contributed by atoms with Gasteiger partial charge in [-0.1, -0.05) is 6.07 Å². The van der Waals surface area contributed by atoms with Gasteiger partial charge in [-0.2, -0.15) is 23.3 Å². The zero-order valence-corrected chi connectivity index (χ0v) is 20.9. The number of carboxylic acid groups (broad SMARTS) is 1. The van der Waals surface area contributed by atoms with Crippen molar-refractivity contribution in [1.29, 1.82) is 0 Å². The van der Waals surface area contributed by atoms with Crippen LogP contribution in [-0.2, 0) is 14.8 Å². The molecule has 4 N–H and O–H groups in total. The van der Waals surface area contributed by atoms with Crippen molar-refractivity contribution in [3.8, 4) is 5.75 Å². The summed E-state index contributed by atoms with van der Waals surface area (Å²) in [5.74, 6) is -0.618. The van der Waals surface area contributed by atoms with E-state index in [1.165, 1.54) is 26.2 Å². The van der Waals surface area contributed by atoms with Crippen LogP contribution in [0.15, 0.2) is 59.6 Å². The first-order valence-corrected chi connectivity index (χ1v) is 12.0. The molecule has 0 saturated carbocycles. The number of methoxy groups -OCH3 is 1. The van der Waals surface area contributed by atoms with E-state index >= 15 is 0 Å². The summed E-state index contributed by atoms with van der Waals surface area (Å²) in [4.78, 5) is 17.7. The van der Waals surface area contributed by atoms with E-state index in [0.717, 1.165) is 21.0 Å². The lowest BCUT2D eigenvalue weighted by atomic mass is 10.2. The summed E-state index contributed by atoms with van der Waals surface area (Å²) in [6, 6.07) is 13.8. The molecule has 0 bridgehead atoms. The minimum atomic E-state index is -5.08. The fourth-order valence-corrected chi connectivity index (χ4v) is 3.85. The smallest absolute Gasteiger partial charge is 0.490 e. The molecule has 2 heterocycles. The third-order valence-electron chi connectivity index (χ3n) is 4.78. The summed E-state index contributed by atoms with van der Waals surface area (Å²) < 4.78 is 62.9. The lowest BCUT2D eigenvalue weighted by Gasteiger charge is -2.13. The molecule has 2 aromatic carbocycles. The van der Waals surface area contributed by atoms with Gasteiger partial charge in [0.1, 0.15) is 11.6 Å². The zero-order valence-electron chi connectivity index (χ0n) is 20.1. The first-order chi connectivity index (χ1) is 17.8. The van der Waals surface area contributed by atoms with E-state index < -0.39 is 22.2 Å². The van der Waals surface area contributed by atoms with Gasteiger partial charge in [-0.25, -0.2) is 22.5 Å². The molecule has 0 aliphatic rings. The van der Waals surface area contributed by atoms with Crippen LogP contribution in [-0.4, -0.2) is 71.3 Å². The predicted molar refractivity (Wildman–Crippen MR) is 132 cm³/mol. The Morgan fingerprint density at radius 3 is 2.45 bits per heavy atom. The number of nitrogens with one attached hydrogen (secondary N) is 3. The molecule has 2 aromatic heterocycles. The minimum Gasteiger partial charge on any atom is -0.497 e. The van der Waals surface area contributed by atoms with Crippen molar-refractivity contribution >= 4 is 50.2 Å². The van der Waals surface area contributed by atoms with E-state index in [4.69, 9.17) is 14.6 Å². The number of benzene rings is 2. The number of H-pyrrole nitrogens is 1. The number of nitrogens with zero attached hydrogens (tertiary/aromatic N) is 4. The van der Waals surface area contributed by atoms with Gasteiger partial charge in [-0.15, -0.1) is 0 Å². The molecule has 38 heavy (non-hydrogen) atoms. The van der Waals surface area contributed by atoms with Gasteiger partial charge in [0.15, 0.2) is 5.82 Å². The Bertz CT molecular complexity index is 1540. The number of carboxylic acids is 1. The number of fused-ring (bicyclic) bond motifs is 1. The standard InChI is InChI=1S/C20H21N7O3S.C2HF3O2/c1-27(2)31(28,29)15-6-4-5-13(11-15)22-20-21-10-9-18(24-20)23-19-16-12-14(30-3)7-8-17(16)25-26-19;3-2(4,5)1(6)7/h4-12H,1-3H3,(H3,21,22,23,24,25,26);(H,6,7). The number of sulfonamides is 1. The largest absolute Gasteiger partial charge is 0.497 e. The van der Waals surface area contributed by atoms with Crippen LogP contribution in [0.25, 0.3) is 10.9 Å². The van der Waals surface area contributed by atoms with E-state index in [1.54, 1.807) is 31.5 Å². The van der Waals surface area contributed by atoms with Gasteiger partial charge in [-0.3, -0.25) is 5.10 Å². The summed E-state index contributed by atoms with van der Waals surface area (Å²) in [7, 11) is 1.04. The summed E-state index contributed by atoms with van der Waals surface area (Å²) in [6.45, 7) is 0. The Hall–Kier alpha value is -4.44. The molecule has 0 spiro atoms. The fraction of sp³-hybridized carbons (Fsp3) is 0.182. The molecule has 4 rings (SSSR count). The Balaban J connectivity index is 0.000000505. The van der Waals surface area contributed by atoms with E-state index in [9.17, 15) is 21.6 Å². The molecule has 0 saturated heterocycles. The highest BCUT2D eigenvalue weighted by Gasteiger charge is 2.38. The first-order valence-electron chi connectivity index (χ1n) is 10.5. The van der Waals surface area contributed by atoms with Crippen LogP contribution in [0.5, 0.6) is 5.75 Å². The van der Waals surface area contributed by atoms with Gasteiger partial charge in [0.25, 0.3) is 0 Å². The Kier molecular flexibility index (Phi) is 8.37. The van der Waals surface area contributed by atoms with Crippen molar-refractivity contribution in [1.82, 2.24) is 24.5 Å². The highest BCUT2D eigenvalue weighted by molar-refractivity contribution is 7.89. The number of aliphatic carboxylic acids is 1. The second-order valence-corrected chi connectivity index (χ2v) is 9.77. The fourth-order valence-electron chi connectivity index (χ4n) is 2.90. The van der Waals surface area contributed by atoms with Crippen LogP contribution in [0.4, 0.5) is 36.4 Å². The molecule has 0 radical (unpaired) electrons. The van der Waals surface area contributed by atoms with Crippen LogP contribution >= 0.6 is 0 Å². The molecule has 0 aliphatic carbocycles. The summed E-state index contributed by atoms with van der Waals surface area (Å²) in [5.41, 5.74) is 1.41. The topological polar surface area (TPSA) is 162 Å². The Labute approximate surface area is 214 Å². The number of alkyl halides is 3. The average Bonchev–Trinajstić information content (AvgIpc) is 3.26. The quantitative estimate of drug-likeness (QED) is 0.265. The van der Waals surface area contributed by atoms with E-state index in [1.807, 2.05) is 18.2 Å². The van der Waals surface area contributed by atoms with Gasteiger partial charge in [0.05, 0.1) is 17.5 Å². The van der Waals surface area contributed by atoms with Crippen molar-refractivity contribution in [2.24, 2.45) is 0 Å². The molecule has 4 aromatic rings. The van der Waals surface area contributed by atoms with Crippen LogP contribution in [0.1, 0.15) is 0 Å². The highest BCUT2D eigenvalue weighted by Crippen LogP contribution is 2.27. The molecule has 0 amide bonds. The summed E-state index contributed by atoms with van der Waals surface area (Å²) >= 11 is 0. The van der Waals surface area contributed by atoms with Crippen molar-refractivity contribution in [2.45, 2.75) is 11.1 Å². The molecule has 16 heteroatoms. The number of aromatic amines is 1. The maximum atomic E-state index is 12.4. The third kappa shape index (κ3) is 6.86. The number of aromatic nitrogens is 4. The first kappa shape index (κ1) is 28.1. The molecule has 0 unspecified atom stereocenters. The van der Waals surface area contributed by atoms with Crippen LogP contribution in [0.3, 0.4) is 0 Å². The van der Waals surface area contributed by atoms with Gasteiger partial charge in [-0.05, 0) is 42.5 Å². The van der Waals surface area contributed by atoms with Crippen molar-refractivity contribution in [3.63, 3.8) is 0 Å². The number of hydrogen-bond donors (Lipinski definition) is 4. The minimum absolute atomic E-state index is 0.175. The monoisotopic (exact) mass is 553 g/mol. The number of rotatable bonds is 7. The molecular formula is C22H22F3N7O5S. The Morgan fingerprint density at radius 2 is 1.82 bits per heavy atom. The van der Waals surface area contributed by atoms with Crippen LogP contribution in [0.2, 0.25) is 0 Å². The van der Waals surface area contributed by atoms with Gasteiger partial charge < -0.3 is 20.5 Å². The molecular weight excluding hydrogens is 531 g/mol. The van der Waals surface area contributed by atoms with Crippen molar-refractivity contribution < 1.29 is 36.2 Å². The van der Waals surface area contributed by atoms with E-state index in [2.05, 4.69) is 30.8 Å². The maximum absolute atomic E-state index is 12.4. The summed E-state index contributed by atoms with van der Waals surface area (Å²) in [5, 5.41) is 21.4. The molecule has 0 aliphatic heterocycles. The maximum Gasteiger partial charge on any atom is 0.490 e. The number of halogens is 3. The van der Waals surface area contributed by atoms with Gasteiger partial charge >= 0.3 is 12.1 Å². The summed E-state index contributed by atoms with van der Waals surface area (Å²) in [6.07, 6.45) is -3.49. The van der Waals surface area contributed by atoms with Crippen LogP contribution in [0, 0.1) is 0 Å². The number of anilines is 4. The number of hydrogen-bond acceptors (Lipinski definition) is 9. The zero-order chi connectivity index (χ0) is 28.1. The SMILES string of the molecule is COc1ccc2[nH]nc(Nc3ccnc(Nc4cccc(S(=O)(=O)N(C)C)c4)n3)c2c1.O=C(O)C(F)(F)F. The van der Waals surface area contributed by atoms with Crippen molar-refractivity contribution in [3.05, 3.63) is 54.7 Å². The Morgan fingerprint density at radius 1 is 1.11 bits per heavy atom. The third-order valence-corrected chi connectivity index (χ3v) is 6.59. The van der Waals surface area contributed by atoms with Crippen LogP contribution < -0.4 is 15.4 Å². The molecule has 0 fully saturated rings. The molecule has 0 atom stereocenters. The molecule has 12 nitrogen and oxygen atoms in total. The molecule has 202 valence electrons. The lowest BCUT2D eigenvalue weighted by Crippen LogP contribution is -2.22. The number of ether oxygens (including phenoxy) is 1. The van der Waals surface area contributed by atoms with E-state index in [0.29, 0.717) is 23.3 Å². The second-order valence-electron chi connectivity index (χ2n) is 7.62. The predicted octanol–water partition coefficient (Wildman–Crippen LogP) is 3.73. The normalized spacial score (nSPS) is 11.6.